The van der Waals surface area contributed by atoms with E-state index < -0.39 is 24.3 Å². The van der Waals surface area contributed by atoms with E-state index in [1.165, 1.54) is 26.2 Å². The molecule has 0 saturated heterocycles. The van der Waals surface area contributed by atoms with Crippen molar-refractivity contribution in [2.45, 2.75) is 18.7 Å². The zero-order valence-electron chi connectivity index (χ0n) is 9.50. The van der Waals surface area contributed by atoms with E-state index in [2.05, 4.69) is 9.47 Å². The largest absolute Gasteiger partial charge is 0.467 e. The Bertz CT molecular complexity index is 302. The molecule has 16 heavy (non-hydrogen) atoms. The smallest absolute Gasteiger partial charge is 0.412 e. The molecule has 0 radical (unpaired) electrons. The number of carbonyl (C=O) groups excluding carboxylic acids is 2. The third kappa shape index (κ3) is 2.33. The maximum atomic E-state index is 11.5. The lowest BCUT2D eigenvalue weighted by Gasteiger charge is -2.35. The molecule has 0 aromatic heterocycles. The summed E-state index contributed by atoms with van der Waals surface area (Å²) in [6.07, 6.45) is 2.63. The minimum atomic E-state index is -0.701. The molecule has 1 aliphatic heterocycles. The molecule has 0 aromatic carbocycles. The molecule has 0 aromatic rings. The number of rotatable bonds is 2. The van der Waals surface area contributed by atoms with E-state index in [0.717, 1.165) is 0 Å². The summed E-state index contributed by atoms with van der Waals surface area (Å²) < 4.78 is 14.3. The lowest BCUT2D eigenvalue weighted by molar-refractivity contribution is -0.150. The molecule has 0 aliphatic carbocycles. The van der Waals surface area contributed by atoms with E-state index in [1.54, 1.807) is 12.2 Å². The van der Waals surface area contributed by atoms with Crippen LogP contribution in [0.2, 0.25) is 0 Å². The molecule has 0 saturated carbocycles. The summed E-state index contributed by atoms with van der Waals surface area (Å²) in [5, 5.41) is 0. The van der Waals surface area contributed by atoms with Gasteiger partial charge < -0.3 is 14.2 Å². The predicted molar refractivity (Wildman–Crippen MR) is 54.6 cm³/mol. The maximum absolute atomic E-state index is 11.5. The number of amides is 1. The summed E-state index contributed by atoms with van der Waals surface area (Å²) in [4.78, 5) is 24.3. The molecule has 6 nitrogen and oxygen atoms in total. The van der Waals surface area contributed by atoms with Gasteiger partial charge in [0.25, 0.3) is 0 Å². The summed E-state index contributed by atoms with van der Waals surface area (Å²) in [6, 6.07) is -0.701. The highest BCUT2D eigenvalue weighted by Crippen LogP contribution is 2.19. The van der Waals surface area contributed by atoms with Gasteiger partial charge in [0.2, 0.25) is 0 Å². The van der Waals surface area contributed by atoms with E-state index in [4.69, 9.17) is 4.74 Å². The monoisotopic (exact) mass is 229 g/mol. The third-order valence-corrected chi connectivity index (χ3v) is 2.37. The van der Waals surface area contributed by atoms with E-state index in [1.807, 2.05) is 0 Å². The lowest BCUT2D eigenvalue weighted by Crippen LogP contribution is -2.52. The van der Waals surface area contributed by atoms with Crippen LogP contribution in [0.3, 0.4) is 0 Å². The minimum Gasteiger partial charge on any atom is -0.467 e. The van der Waals surface area contributed by atoms with Crippen molar-refractivity contribution < 1.29 is 23.8 Å². The van der Waals surface area contributed by atoms with Crippen LogP contribution in [0.15, 0.2) is 12.2 Å². The number of nitrogens with zero attached hydrogens (tertiary/aromatic N) is 1. The first-order valence-corrected chi connectivity index (χ1v) is 4.79. The van der Waals surface area contributed by atoms with Crippen molar-refractivity contribution >= 4 is 12.1 Å². The van der Waals surface area contributed by atoms with E-state index in [-0.39, 0.29) is 0 Å². The van der Waals surface area contributed by atoms with Gasteiger partial charge in [-0.2, -0.15) is 0 Å². The molecule has 0 N–H and O–H groups in total. The van der Waals surface area contributed by atoms with Crippen LogP contribution in [0.25, 0.3) is 0 Å². The van der Waals surface area contributed by atoms with Crippen molar-refractivity contribution in [1.82, 2.24) is 4.90 Å². The Morgan fingerprint density at radius 1 is 1.25 bits per heavy atom. The number of carbonyl (C=O) groups is 2. The van der Waals surface area contributed by atoms with Gasteiger partial charge in [0.15, 0.2) is 6.23 Å². The minimum absolute atomic E-state index is 0.391. The van der Waals surface area contributed by atoms with Crippen molar-refractivity contribution in [1.29, 1.82) is 0 Å². The second-order valence-electron chi connectivity index (χ2n) is 3.21. The summed E-state index contributed by atoms with van der Waals surface area (Å²) in [5.41, 5.74) is 0. The Hall–Kier alpha value is -1.56. The van der Waals surface area contributed by atoms with Gasteiger partial charge in [0.1, 0.15) is 6.04 Å². The van der Waals surface area contributed by atoms with Crippen LogP contribution in [0.4, 0.5) is 4.79 Å². The standard InChI is InChI=1S/C10H15NO5/c1-14-8-6-4-5-7(9(12)15-2)11(8)10(13)16-3/h4,6-8H,5H2,1-3H3. The molecular weight excluding hydrogens is 214 g/mol. The van der Waals surface area contributed by atoms with Crippen molar-refractivity contribution in [2.75, 3.05) is 21.3 Å². The molecule has 1 heterocycles. The number of hydrogen-bond acceptors (Lipinski definition) is 5. The third-order valence-electron chi connectivity index (χ3n) is 2.37. The van der Waals surface area contributed by atoms with Gasteiger partial charge in [-0.1, -0.05) is 6.08 Å². The first kappa shape index (κ1) is 12.5. The molecule has 0 spiro atoms. The first-order chi connectivity index (χ1) is 7.65. The molecule has 1 amide bonds. The fourth-order valence-corrected chi connectivity index (χ4v) is 1.58. The maximum Gasteiger partial charge on any atom is 0.412 e. The molecule has 0 fully saturated rings. The topological polar surface area (TPSA) is 65.1 Å². The van der Waals surface area contributed by atoms with Gasteiger partial charge in [-0.25, -0.2) is 9.59 Å². The summed E-state index contributed by atoms with van der Waals surface area (Å²) in [6.45, 7) is 0. The predicted octanol–water partition coefficient (Wildman–Crippen LogP) is 0.529. The van der Waals surface area contributed by atoms with E-state index in [9.17, 15) is 9.59 Å². The summed E-state index contributed by atoms with van der Waals surface area (Å²) in [5.74, 6) is -0.489. The van der Waals surface area contributed by atoms with Crippen molar-refractivity contribution in [3.63, 3.8) is 0 Å². The highest BCUT2D eigenvalue weighted by atomic mass is 16.6. The van der Waals surface area contributed by atoms with E-state index in [0.29, 0.717) is 6.42 Å². The Morgan fingerprint density at radius 2 is 1.94 bits per heavy atom. The zero-order valence-corrected chi connectivity index (χ0v) is 9.50. The van der Waals surface area contributed by atoms with Crippen molar-refractivity contribution in [3.05, 3.63) is 12.2 Å². The molecule has 0 bridgehead atoms. The fraction of sp³-hybridized carbons (Fsp3) is 0.600. The van der Waals surface area contributed by atoms with Crippen molar-refractivity contribution in [3.8, 4) is 0 Å². The van der Waals surface area contributed by atoms with Gasteiger partial charge in [-0.05, 0) is 12.5 Å². The number of ether oxygens (including phenoxy) is 3. The van der Waals surface area contributed by atoms with Gasteiger partial charge in [-0.15, -0.1) is 0 Å². The van der Waals surface area contributed by atoms with Gasteiger partial charge in [0.05, 0.1) is 14.2 Å². The molecule has 2 atom stereocenters. The van der Waals surface area contributed by atoms with Gasteiger partial charge in [-0.3, -0.25) is 4.90 Å². The van der Waals surface area contributed by atoms with Crippen LogP contribution in [0.5, 0.6) is 0 Å². The Kier molecular flexibility index (Phi) is 4.30. The molecule has 90 valence electrons. The average Bonchev–Trinajstić information content (AvgIpc) is 2.35. The summed E-state index contributed by atoms with van der Waals surface area (Å²) >= 11 is 0. The number of methoxy groups -OCH3 is 3. The van der Waals surface area contributed by atoms with E-state index >= 15 is 0 Å². The van der Waals surface area contributed by atoms with Crippen LogP contribution in [-0.4, -0.2) is 50.6 Å². The highest BCUT2D eigenvalue weighted by molar-refractivity contribution is 5.82. The molecule has 1 rings (SSSR count). The van der Waals surface area contributed by atoms with Crippen LogP contribution < -0.4 is 0 Å². The Labute approximate surface area is 93.8 Å². The lowest BCUT2D eigenvalue weighted by atomic mass is 10.1. The Balaban J connectivity index is 2.94. The summed E-state index contributed by atoms with van der Waals surface area (Å²) in [7, 11) is 3.98. The van der Waals surface area contributed by atoms with Crippen LogP contribution in [-0.2, 0) is 19.0 Å². The number of hydrogen-bond donors (Lipinski definition) is 0. The molecular formula is C10H15NO5. The quantitative estimate of drug-likeness (QED) is 0.510. The SMILES string of the molecule is COC(=O)C1CC=CC(OC)N1C(=O)OC. The highest BCUT2D eigenvalue weighted by Gasteiger charge is 2.37. The fourth-order valence-electron chi connectivity index (χ4n) is 1.58. The average molecular weight is 229 g/mol. The normalized spacial score (nSPS) is 24.1. The first-order valence-electron chi connectivity index (χ1n) is 4.79. The second kappa shape index (κ2) is 5.50. The zero-order chi connectivity index (χ0) is 12.1. The Morgan fingerprint density at radius 3 is 2.44 bits per heavy atom. The van der Waals surface area contributed by atoms with Crippen LogP contribution in [0.1, 0.15) is 6.42 Å². The van der Waals surface area contributed by atoms with Crippen LogP contribution >= 0.6 is 0 Å². The molecule has 1 aliphatic rings. The molecule has 6 heteroatoms. The van der Waals surface area contributed by atoms with Crippen molar-refractivity contribution in [2.24, 2.45) is 0 Å². The van der Waals surface area contributed by atoms with Crippen LogP contribution in [0, 0.1) is 0 Å². The number of esters is 1. The van der Waals surface area contributed by atoms with Gasteiger partial charge in [0, 0.05) is 7.11 Å². The second-order valence-corrected chi connectivity index (χ2v) is 3.21. The van der Waals surface area contributed by atoms with Gasteiger partial charge >= 0.3 is 12.1 Å². The molecule has 2 unspecified atom stereocenters.